The second-order valence-electron chi connectivity index (χ2n) is 7.18. The third-order valence-electron chi connectivity index (χ3n) is 4.91. The van der Waals surface area contributed by atoms with Gasteiger partial charge in [0, 0.05) is 17.5 Å². The Kier molecular flexibility index (Phi) is 6.14. The van der Waals surface area contributed by atoms with Crippen LogP contribution in [0.15, 0.2) is 66.7 Å². The van der Waals surface area contributed by atoms with Crippen molar-refractivity contribution < 1.29 is 27.8 Å². The molecular weight excluding hydrogens is 439 g/mol. The van der Waals surface area contributed by atoms with Crippen molar-refractivity contribution in [2.45, 2.75) is 25.6 Å². The van der Waals surface area contributed by atoms with Crippen LogP contribution >= 0.6 is 11.3 Å². The van der Waals surface area contributed by atoms with Crippen LogP contribution in [-0.4, -0.2) is 16.1 Å². The molecule has 1 heterocycles. The molecule has 4 aromatic rings. The predicted octanol–water partition coefficient (Wildman–Crippen LogP) is 6.58. The predicted molar refractivity (Wildman–Crippen MR) is 117 cm³/mol. The molecule has 0 unspecified atom stereocenters. The number of aromatic nitrogens is 1. The normalized spacial score (nSPS) is 11.6. The van der Waals surface area contributed by atoms with E-state index in [2.05, 4.69) is 4.98 Å². The molecule has 0 fully saturated rings. The van der Waals surface area contributed by atoms with Gasteiger partial charge in [0.1, 0.15) is 17.4 Å². The molecule has 0 amide bonds. The lowest BCUT2D eigenvalue weighted by Crippen LogP contribution is -2.03. The van der Waals surface area contributed by atoms with Crippen LogP contribution in [0.1, 0.15) is 23.1 Å². The maximum absolute atomic E-state index is 12.8. The smallest absolute Gasteiger partial charge is 0.416 e. The first-order valence-corrected chi connectivity index (χ1v) is 10.6. The molecule has 0 spiro atoms. The molecule has 0 bridgehead atoms. The molecule has 4 rings (SSSR count). The molecule has 1 aromatic heterocycles. The molecule has 32 heavy (non-hydrogen) atoms. The van der Waals surface area contributed by atoms with Gasteiger partial charge in [0.15, 0.2) is 0 Å². The van der Waals surface area contributed by atoms with E-state index in [9.17, 15) is 18.0 Å². The molecule has 0 radical (unpaired) electrons. The van der Waals surface area contributed by atoms with Crippen molar-refractivity contribution >= 4 is 27.5 Å². The lowest BCUT2D eigenvalue weighted by atomic mass is 10.1. The van der Waals surface area contributed by atoms with Gasteiger partial charge in [0.05, 0.1) is 15.8 Å². The first-order valence-electron chi connectivity index (χ1n) is 9.79. The Hall–Kier alpha value is -3.39. The summed E-state index contributed by atoms with van der Waals surface area (Å²) in [4.78, 5) is 15.3. The second-order valence-corrected chi connectivity index (χ2v) is 8.22. The van der Waals surface area contributed by atoms with Gasteiger partial charge in [-0.3, -0.25) is 4.79 Å². The summed E-state index contributed by atoms with van der Waals surface area (Å²) in [6.45, 7) is 0.280. The number of ether oxygens (including phenoxy) is 1. The number of carboxylic acids is 1. The number of para-hydroxylation sites is 1. The zero-order chi connectivity index (χ0) is 22.7. The Morgan fingerprint density at radius 1 is 1.00 bits per heavy atom. The summed E-state index contributed by atoms with van der Waals surface area (Å²) in [6, 6.07) is 18.0. The fraction of sp³-hybridized carbons (Fsp3) is 0.167. The number of thiazole rings is 1. The molecule has 4 nitrogen and oxygen atoms in total. The van der Waals surface area contributed by atoms with E-state index in [0.29, 0.717) is 22.7 Å². The maximum atomic E-state index is 12.8. The first-order chi connectivity index (χ1) is 15.3. The Morgan fingerprint density at radius 2 is 1.72 bits per heavy atom. The zero-order valence-electron chi connectivity index (χ0n) is 16.7. The lowest BCUT2D eigenvalue weighted by molar-refractivity contribution is -0.138. The quantitative estimate of drug-likeness (QED) is 0.341. The van der Waals surface area contributed by atoms with Gasteiger partial charge >= 0.3 is 12.1 Å². The highest BCUT2D eigenvalue weighted by Gasteiger charge is 2.30. The summed E-state index contributed by atoms with van der Waals surface area (Å²) in [7, 11) is 0. The maximum Gasteiger partial charge on any atom is 0.416 e. The van der Waals surface area contributed by atoms with E-state index in [0.717, 1.165) is 33.5 Å². The average Bonchev–Trinajstić information content (AvgIpc) is 3.21. The number of aryl methyl sites for hydroxylation is 1. The lowest BCUT2D eigenvalue weighted by Gasteiger charge is -2.08. The topological polar surface area (TPSA) is 59.4 Å². The first kappa shape index (κ1) is 21.8. The summed E-state index contributed by atoms with van der Waals surface area (Å²) in [6.07, 6.45) is -3.83. The number of carbonyl (C=O) groups is 1. The van der Waals surface area contributed by atoms with E-state index >= 15 is 0 Å². The number of benzene rings is 3. The molecule has 0 saturated heterocycles. The van der Waals surface area contributed by atoms with Crippen molar-refractivity contribution in [1.82, 2.24) is 4.98 Å². The van der Waals surface area contributed by atoms with Crippen LogP contribution in [0.4, 0.5) is 13.2 Å². The summed E-state index contributed by atoms with van der Waals surface area (Å²) in [5, 5.41) is 9.41. The number of hydrogen-bond donors (Lipinski definition) is 1. The summed E-state index contributed by atoms with van der Waals surface area (Å²) >= 11 is 1.41. The molecule has 3 aromatic carbocycles. The summed E-state index contributed by atoms with van der Waals surface area (Å²) in [5.41, 5.74) is 2.48. The average molecular weight is 457 g/mol. The standard InChI is InChI=1S/C24H18F3NO3S/c25-24(26,27)18-9-7-16(8-10-18)23-28-22-17(2-1-3-20(22)32-23)14-31-19-11-4-15(5-12-19)6-13-21(29)30/h1-5,7-12H,6,13-14H2,(H,29,30). The highest BCUT2D eigenvalue weighted by atomic mass is 32.1. The van der Waals surface area contributed by atoms with Crippen LogP contribution in [0.3, 0.4) is 0 Å². The number of fused-ring (bicyclic) bond motifs is 1. The van der Waals surface area contributed by atoms with Crippen molar-refractivity contribution in [3.8, 4) is 16.3 Å². The third-order valence-corrected chi connectivity index (χ3v) is 5.98. The molecule has 0 aliphatic carbocycles. The van der Waals surface area contributed by atoms with Crippen LogP contribution < -0.4 is 4.74 Å². The molecule has 1 N–H and O–H groups in total. The molecule has 8 heteroatoms. The number of hydrogen-bond acceptors (Lipinski definition) is 4. The van der Waals surface area contributed by atoms with Gasteiger partial charge in [-0.1, -0.05) is 36.4 Å². The van der Waals surface area contributed by atoms with E-state index < -0.39 is 17.7 Å². The minimum atomic E-state index is -4.37. The number of aliphatic carboxylic acids is 1. The van der Waals surface area contributed by atoms with E-state index in [1.807, 2.05) is 30.3 Å². The number of rotatable bonds is 7. The SMILES string of the molecule is O=C(O)CCc1ccc(OCc2cccc3sc(-c4ccc(C(F)(F)F)cc4)nc23)cc1. The van der Waals surface area contributed by atoms with Crippen LogP contribution in [-0.2, 0) is 24.0 Å². The molecule has 0 atom stereocenters. The highest BCUT2D eigenvalue weighted by molar-refractivity contribution is 7.21. The van der Waals surface area contributed by atoms with Crippen molar-refractivity contribution in [2.24, 2.45) is 0 Å². The van der Waals surface area contributed by atoms with E-state index in [1.54, 1.807) is 12.1 Å². The van der Waals surface area contributed by atoms with Crippen LogP contribution in [0.2, 0.25) is 0 Å². The van der Waals surface area contributed by atoms with Gasteiger partial charge in [-0.25, -0.2) is 4.98 Å². The second kappa shape index (κ2) is 9.00. The summed E-state index contributed by atoms with van der Waals surface area (Å²) < 4.78 is 45.2. The molecule has 0 saturated carbocycles. The molecule has 164 valence electrons. The Morgan fingerprint density at radius 3 is 2.38 bits per heavy atom. The molecular formula is C24H18F3NO3S. The van der Waals surface area contributed by atoms with Gasteiger partial charge in [0.2, 0.25) is 0 Å². The minimum Gasteiger partial charge on any atom is -0.489 e. The highest BCUT2D eigenvalue weighted by Crippen LogP contribution is 2.35. The van der Waals surface area contributed by atoms with Gasteiger partial charge < -0.3 is 9.84 Å². The van der Waals surface area contributed by atoms with Crippen molar-refractivity contribution in [1.29, 1.82) is 0 Å². The Bertz CT molecular complexity index is 1230. The van der Waals surface area contributed by atoms with E-state index in [1.165, 1.54) is 23.5 Å². The van der Waals surface area contributed by atoms with Crippen molar-refractivity contribution in [3.05, 3.63) is 83.4 Å². The van der Waals surface area contributed by atoms with Crippen molar-refractivity contribution in [3.63, 3.8) is 0 Å². The van der Waals surface area contributed by atoms with Crippen LogP contribution in [0.5, 0.6) is 5.75 Å². The number of nitrogens with zero attached hydrogens (tertiary/aromatic N) is 1. The Balaban J connectivity index is 1.49. The third kappa shape index (κ3) is 5.08. The minimum absolute atomic E-state index is 0.0767. The monoisotopic (exact) mass is 457 g/mol. The van der Waals surface area contributed by atoms with Gasteiger partial charge in [0.25, 0.3) is 0 Å². The number of halogens is 3. The van der Waals surface area contributed by atoms with Crippen LogP contribution in [0.25, 0.3) is 20.8 Å². The summed E-state index contributed by atoms with van der Waals surface area (Å²) in [5.74, 6) is -0.184. The number of alkyl halides is 3. The van der Waals surface area contributed by atoms with E-state index in [4.69, 9.17) is 9.84 Å². The largest absolute Gasteiger partial charge is 0.489 e. The Labute approximate surface area is 185 Å². The van der Waals surface area contributed by atoms with Gasteiger partial charge in [-0.15, -0.1) is 11.3 Å². The fourth-order valence-electron chi connectivity index (χ4n) is 3.21. The molecule has 0 aliphatic rings. The van der Waals surface area contributed by atoms with Gasteiger partial charge in [-0.2, -0.15) is 13.2 Å². The van der Waals surface area contributed by atoms with Gasteiger partial charge in [-0.05, 0) is 42.3 Å². The fourth-order valence-corrected chi connectivity index (χ4v) is 4.23. The van der Waals surface area contributed by atoms with E-state index in [-0.39, 0.29) is 13.0 Å². The molecule has 0 aliphatic heterocycles. The number of carboxylic acid groups (broad SMARTS) is 1. The van der Waals surface area contributed by atoms with Crippen molar-refractivity contribution in [2.75, 3.05) is 0 Å². The van der Waals surface area contributed by atoms with Crippen LogP contribution in [0, 0.1) is 0 Å². The zero-order valence-corrected chi connectivity index (χ0v) is 17.5.